The molecule has 3 heterocycles. The van der Waals surface area contributed by atoms with Crippen molar-refractivity contribution in [1.29, 1.82) is 0 Å². The van der Waals surface area contributed by atoms with Crippen molar-refractivity contribution in [2.24, 2.45) is 0 Å². The number of aromatic carboxylic acids is 1. The molecule has 0 amide bonds. The zero-order chi connectivity index (χ0) is 26.2. The number of halogens is 2. The number of aromatic amines is 1. The summed E-state index contributed by atoms with van der Waals surface area (Å²) in [6, 6.07) is 11.4. The van der Waals surface area contributed by atoms with Gasteiger partial charge < -0.3 is 19.4 Å². The molecule has 1 atom stereocenters. The highest BCUT2D eigenvalue weighted by Gasteiger charge is 2.34. The van der Waals surface area contributed by atoms with Gasteiger partial charge in [0.2, 0.25) is 0 Å². The standard InChI is InChI=1S/C29H29Cl2N3O4/c30-23-4-1-5-24(31)26(23)27-22(28(38-33-27)18-7-8-18)16-37-19-3-2-11-34(12-10-19)15-17-6-9-20-21(29(35)36)14-32-25(20)13-17/h1,4-6,9,13-14,18-19,32H,2-3,7-8,10-12,15-16H2,(H,35,36). The lowest BCUT2D eigenvalue weighted by Gasteiger charge is -2.20. The van der Waals surface area contributed by atoms with Gasteiger partial charge in [-0.05, 0) is 62.4 Å². The van der Waals surface area contributed by atoms with Gasteiger partial charge in [-0.1, -0.05) is 46.6 Å². The summed E-state index contributed by atoms with van der Waals surface area (Å²) in [5.41, 5.74) is 4.67. The minimum atomic E-state index is -0.917. The Morgan fingerprint density at radius 1 is 1.13 bits per heavy atom. The number of likely N-dealkylation sites (tertiary alicyclic amines) is 1. The molecule has 9 heteroatoms. The van der Waals surface area contributed by atoms with Crippen molar-refractivity contribution < 1.29 is 19.2 Å². The van der Waals surface area contributed by atoms with Gasteiger partial charge >= 0.3 is 5.97 Å². The van der Waals surface area contributed by atoms with Crippen LogP contribution in [-0.2, 0) is 17.9 Å². The van der Waals surface area contributed by atoms with Crippen LogP contribution in [-0.4, -0.2) is 45.3 Å². The molecule has 2 fully saturated rings. The van der Waals surface area contributed by atoms with Gasteiger partial charge in [0, 0.05) is 47.2 Å². The summed E-state index contributed by atoms with van der Waals surface area (Å²) >= 11 is 13.0. The lowest BCUT2D eigenvalue weighted by molar-refractivity contribution is 0.0306. The average Bonchev–Trinajstić information content (AvgIpc) is 3.58. The number of carboxylic acids is 1. The molecular weight excluding hydrogens is 525 g/mol. The predicted octanol–water partition coefficient (Wildman–Crippen LogP) is 7.28. The van der Waals surface area contributed by atoms with Crippen LogP contribution >= 0.6 is 23.2 Å². The monoisotopic (exact) mass is 553 g/mol. The smallest absolute Gasteiger partial charge is 0.337 e. The van der Waals surface area contributed by atoms with E-state index in [0.717, 1.165) is 79.5 Å². The number of nitrogens with one attached hydrogen (secondary N) is 1. The first kappa shape index (κ1) is 25.4. The molecule has 7 nitrogen and oxygen atoms in total. The van der Waals surface area contributed by atoms with Crippen LogP contribution in [0.3, 0.4) is 0 Å². The minimum Gasteiger partial charge on any atom is -0.478 e. The molecule has 0 spiro atoms. The van der Waals surface area contributed by atoms with Gasteiger partial charge in [0.15, 0.2) is 0 Å². The summed E-state index contributed by atoms with van der Waals surface area (Å²) in [7, 11) is 0. The molecule has 1 saturated heterocycles. The number of H-pyrrole nitrogens is 1. The molecule has 2 aromatic carbocycles. The van der Waals surface area contributed by atoms with Crippen LogP contribution in [0.25, 0.3) is 22.2 Å². The van der Waals surface area contributed by atoms with E-state index in [1.807, 2.05) is 36.4 Å². The second-order valence-electron chi connectivity index (χ2n) is 10.3. The van der Waals surface area contributed by atoms with Gasteiger partial charge in [-0.3, -0.25) is 4.90 Å². The van der Waals surface area contributed by atoms with Crippen LogP contribution in [0.1, 0.15) is 65.3 Å². The van der Waals surface area contributed by atoms with E-state index >= 15 is 0 Å². The van der Waals surface area contributed by atoms with Gasteiger partial charge in [0.05, 0.1) is 28.3 Å². The maximum Gasteiger partial charge on any atom is 0.337 e. The van der Waals surface area contributed by atoms with E-state index in [0.29, 0.717) is 39.4 Å². The summed E-state index contributed by atoms with van der Waals surface area (Å²) in [6.45, 7) is 3.16. The van der Waals surface area contributed by atoms with E-state index in [-0.39, 0.29) is 6.10 Å². The van der Waals surface area contributed by atoms with E-state index in [9.17, 15) is 9.90 Å². The molecule has 1 saturated carbocycles. The number of aromatic nitrogens is 2. The number of ether oxygens (including phenoxy) is 1. The summed E-state index contributed by atoms with van der Waals surface area (Å²) in [6.07, 6.45) is 6.85. The lowest BCUT2D eigenvalue weighted by atomic mass is 10.0. The molecule has 38 heavy (non-hydrogen) atoms. The van der Waals surface area contributed by atoms with Crippen LogP contribution in [0.4, 0.5) is 0 Å². The van der Waals surface area contributed by atoms with Gasteiger partial charge in [-0.25, -0.2) is 4.79 Å². The highest BCUT2D eigenvalue weighted by Crippen LogP contribution is 2.46. The van der Waals surface area contributed by atoms with Crippen LogP contribution < -0.4 is 0 Å². The second-order valence-corrected chi connectivity index (χ2v) is 11.1. The fourth-order valence-corrected chi connectivity index (χ4v) is 5.98. The van der Waals surface area contributed by atoms with Gasteiger partial charge in [0.25, 0.3) is 0 Å². The zero-order valence-corrected chi connectivity index (χ0v) is 22.4. The topological polar surface area (TPSA) is 91.6 Å². The van der Waals surface area contributed by atoms with Crippen molar-refractivity contribution in [3.05, 3.63) is 75.1 Å². The zero-order valence-electron chi connectivity index (χ0n) is 20.9. The lowest BCUT2D eigenvalue weighted by Crippen LogP contribution is -2.25. The quantitative estimate of drug-likeness (QED) is 0.238. The third-order valence-corrected chi connectivity index (χ3v) is 8.21. The van der Waals surface area contributed by atoms with E-state index in [1.165, 1.54) is 0 Å². The summed E-state index contributed by atoms with van der Waals surface area (Å²) in [4.78, 5) is 16.9. The van der Waals surface area contributed by atoms with Gasteiger partial charge in [0.1, 0.15) is 11.5 Å². The number of rotatable bonds is 8. The molecule has 1 unspecified atom stereocenters. The van der Waals surface area contributed by atoms with E-state index in [2.05, 4.69) is 15.0 Å². The van der Waals surface area contributed by atoms with Crippen molar-refractivity contribution in [3.8, 4) is 11.3 Å². The highest BCUT2D eigenvalue weighted by molar-refractivity contribution is 6.39. The Balaban J connectivity index is 1.11. The van der Waals surface area contributed by atoms with Crippen LogP contribution in [0.2, 0.25) is 10.0 Å². The maximum absolute atomic E-state index is 11.4. The van der Waals surface area contributed by atoms with Crippen molar-refractivity contribution in [1.82, 2.24) is 15.0 Å². The minimum absolute atomic E-state index is 0.139. The Kier molecular flexibility index (Phi) is 7.18. The normalized spacial score (nSPS) is 18.6. The molecule has 4 aromatic rings. The third kappa shape index (κ3) is 5.21. The van der Waals surface area contributed by atoms with Gasteiger partial charge in [-0.15, -0.1) is 0 Å². The summed E-state index contributed by atoms with van der Waals surface area (Å²) in [5.74, 6) is 0.376. The highest BCUT2D eigenvalue weighted by atomic mass is 35.5. The van der Waals surface area contributed by atoms with E-state index in [4.69, 9.17) is 32.5 Å². The van der Waals surface area contributed by atoms with Gasteiger partial charge in [-0.2, -0.15) is 0 Å². The predicted molar refractivity (Wildman–Crippen MR) is 147 cm³/mol. The Morgan fingerprint density at radius 2 is 1.95 bits per heavy atom. The molecule has 6 rings (SSSR count). The largest absolute Gasteiger partial charge is 0.478 e. The number of fused-ring (bicyclic) bond motifs is 1. The summed E-state index contributed by atoms with van der Waals surface area (Å²) in [5, 5.41) is 15.6. The fourth-order valence-electron chi connectivity index (χ4n) is 5.41. The molecule has 198 valence electrons. The Morgan fingerprint density at radius 3 is 2.71 bits per heavy atom. The molecule has 2 N–H and O–H groups in total. The Labute approximate surface area is 230 Å². The molecule has 2 aromatic heterocycles. The SMILES string of the molecule is O=C(O)c1c[nH]c2cc(CN3CCCC(OCc4c(-c5c(Cl)cccc5Cl)noc4C4CC4)CC3)ccc12. The van der Waals surface area contributed by atoms with Crippen molar-refractivity contribution >= 4 is 40.1 Å². The molecule has 2 aliphatic rings. The number of carboxylic acid groups (broad SMARTS) is 1. The number of hydrogen-bond donors (Lipinski definition) is 2. The van der Waals surface area contributed by atoms with E-state index in [1.54, 1.807) is 6.20 Å². The van der Waals surface area contributed by atoms with Crippen molar-refractivity contribution in [3.63, 3.8) is 0 Å². The van der Waals surface area contributed by atoms with Crippen LogP contribution in [0.15, 0.2) is 47.1 Å². The molecule has 1 aliphatic heterocycles. The van der Waals surface area contributed by atoms with Crippen LogP contribution in [0.5, 0.6) is 0 Å². The second kappa shape index (κ2) is 10.7. The molecule has 1 aliphatic carbocycles. The third-order valence-electron chi connectivity index (χ3n) is 7.58. The fraction of sp³-hybridized carbons (Fsp3) is 0.379. The Bertz CT molecular complexity index is 1460. The first-order valence-electron chi connectivity index (χ1n) is 13.1. The molecule has 0 bridgehead atoms. The average molecular weight is 554 g/mol. The Hall–Kier alpha value is -2.84. The number of benzene rings is 2. The number of carbonyl (C=O) groups is 1. The van der Waals surface area contributed by atoms with Crippen molar-refractivity contribution in [2.75, 3.05) is 13.1 Å². The number of hydrogen-bond acceptors (Lipinski definition) is 5. The molecule has 0 radical (unpaired) electrons. The maximum atomic E-state index is 11.4. The number of nitrogens with zero attached hydrogens (tertiary/aromatic N) is 2. The van der Waals surface area contributed by atoms with E-state index < -0.39 is 5.97 Å². The van der Waals surface area contributed by atoms with Crippen LogP contribution in [0, 0.1) is 0 Å². The summed E-state index contributed by atoms with van der Waals surface area (Å²) < 4.78 is 12.3. The first-order valence-corrected chi connectivity index (χ1v) is 13.8. The van der Waals surface area contributed by atoms with Crippen molar-refractivity contribution in [2.45, 2.75) is 57.3 Å². The first-order chi connectivity index (χ1) is 18.5. The molecular formula is C29H29Cl2N3O4.